The summed E-state index contributed by atoms with van der Waals surface area (Å²) >= 11 is 0. The smallest absolute Gasteiger partial charge is 0.295 e. The predicted octanol–water partition coefficient (Wildman–Crippen LogP) is -0.298. The molecule has 0 radical (unpaired) electrons. The van der Waals surface area contributed by atoms with E-state index in [1.165, 1.54) is 12.0 Å². The lowest BCUT2D eigenvalue weighted by atomic mass is 10.4. The Kier molecular flexibility index (Phi) is 2.41. The lowest BCUT2D eigenvalue weighted by molar-refractivity contribution is 0.0823. The second kappa shape index (κ2) is 3.34. The zero-order valence-electron chi connectivity index (χ0n) is 7.79. The lowest BCUT2D eigenvalue weighted by Gasteiger charge is -2.07. The van der Waals surface area contributed by atoms with E-state index in [2.05, 4.69) is 9.97 Å². The predicted molar refractivity (Wildman–Crippen MR) is 47.6 cm³/mol. The second-order valence-corrected chi connectivity index (χ2v) is 2.71. The number of ether oxygens (including phenoxy) is 1. The van der Waals surface area contributed by atoms with Gasteiger partial charge in [-0.2, -0.15) is 4.98 Å². The number of nitrogens with zero attached hydrogens (tertiary/aromatic N) is 2. The summed E-state index contributed by atoms with van der Waals surface area (Å²) in [7, 11) is 4.71. The van der Waals surface area contributed by atoms with Gasteiger partial charge in [0.1, 0.15) is 0 Å². The van der Waals surface area contributed by atoms with Crippen LogP contribution in [0.25, 0.3) is 0 Å². The zero-order valence-corrected chi connectivity index (χ0v) is 7.79. The first-order valence-electron chi connectivity index (χ1n) is 3.67. The van der Waals surface area contributed by atoms with Crippen LogP contribution in [0, 0.1) is 0 Å². The number of carbonyl (C=O) groups is 1. The monoisotopic (exact) mass is 184 g/mol. The van der Waals surface area contributed by atoms with Crippen molar-refractivity contribution in [3.05, 3.63) is 5.69 Å². The number of nitrogens with one attached hydrogen (secondary N) is 1. The average molecular weight is 184 g/mol. The number of imidazole rings is 1. The molecule has 0 saturated carbocycles. The van der Waals surface area contributed by atoms with Gasteiger partial charge >= 0.3 is 0 Å². The summed E-state index contributed by atoms with van der Waals surface area (Å²) in [6, 6.07) is 0.239. The van der Waals surface area contributed by atoms with Gasteiger partial charge in [-0.25, -0.2) is 0 Å². The SMILES string of the molecule is COc1nc(N)c(C(=O)N(C)C)[nH]1. The van der Waals surface area contributed by atoms with Crippen LogP contribution < -0.4 is 10.5 Å². The largest absolute Gasteiger partial charge is 0.468 e. The van der Waals surface area contributed by atoms with Crippen LogP contribution in [-0.2, 0) is 0 Å². The number of H-pyrrole nitrogens is 1. The molecule has 0 unspecified atom stereocenters. The molecule has 0 aliphatic carbocycles. The maximum Gasteiger partial charge on any atom is 0.295 e. The molecule has 0 aliphatic heterocycles. The van der Waals surface area contributed by atoms with Gasteiger partial charge in [-0.3, -0.25) is 4.79 Å². The molecule has 1 heterocycles. The van der Waals surface area contributed by atoms with Crippen LogP contribution in [0.1, 0.15) is 10.5 Å². The minimum Gasteiger partial charge on any atom is -0.468 e. The molecule has 6 nitrogen and oxygen atoms in total. The molecule has 1 amide bonds. The number of aromatic amines is 1. The van der Waals surface area contributed by atoms with Gasteiger partial charge in [-0.05, 0) is 0 Å². The Balaban J connectivity index is 3.00. The molecule has 0 fully saturated rings. The van der Waals surface area contributed by atoms with Crippen molar-refractivity contribution in [1.82, 2.24) is 14.9 Å². The average Bonchev–Trinajstić information content (AvgIpc) is 2.45. The summed E-state index contributed by atoms with van der Waals surface area (Å²) in [5.41, 5.74) is 5.74. The molecule has 3 N–H and O–H groups in total. The van der Waals surface area contributed by atoms with Crippen molar-refractivity contribution in [3.8, 4) is 6.01 Å². The third-order valence-electron chi connectivity index (χ3n) is 1.52. The van der Waals surface area contributed by atoms with E-state index in [4.69, 9.17) is 10.5 Å². The number of rotatable bonds is 2. The van der Waals surface area contributed by atoms with Crippen molar-refractivity contribution in [3.63, 3.8) is 0 Å². The molecule has 72 valence electrons. The van der Waals surface area contributed by atoms with Crippen molar-refractivity contribution in [2.45, 2.75) is 0 Å². The quantitative estimate of drug-likeness (QED) is 0.661. The number of aromatic nitrogens is 2. The highest BCUT2D eigenvalue weighted by Crippen LogP contribution is 2.14. The minimum absolute atomic E-state index is 0.149. The third kappa shape index (κ3) is 1.71. The zero-order chi connectivity index (χ0) is 10.0. The number of anilines is 1. The van der Waals surface area contributed by atoms with Gasteiger partial charge in [-0.15, -0.1) is 0 Å². The Hall–Kier alpha value is -1.72. The van der Waals surface area contributed by atoms with Crippen LogP contribution in [0.3, 0.4) is 0 Å². The second-order valence-electron chi connectivity index (χ2n) is 2.71. The van der Waals surface area contributed by atoms with E-state index in [-0.39, 0.29) is 23.4 Å². The van der Waals surface area contributed by atoms with E-state index in [9.17, 15) is 4.79 Å². The summed E-state index contributed by atoms with van der Waals surface area (Å²) in [6.45, 7) is 0. The van der Waals surface area contributed by atoms with Gasteiger partial charge in [0.2, 0.25) is 0 Å². The van der Waals surface area contributed by atoms with Crippen molar-refractivity contribution < 1.29 is 9.53 Å². The molecule has 0 atom stereocenters. The van der Waals surface area contributed by atoms with Crippen molar-refractivity contribution in [2.75, 3.05) is 26.9 Å². The molecule has 1 aromatic rings. The van der Waals surface area contributed by atoms with Crippen LogP contribution in [0.4, 0.5) is 5.82 Å². The molecular formula is C7H12N4O2. The number of nitrogens with two attached hydrogens (primary N) is 1. The van der Waals surface area contributed by atoms with Crippen molar-refractivity contribution >= 4 is 11.7 Å². The maximum atomic E-state index is 11.4. The van der Waals surface area contributed by atoms with Gasteiger partial charge in [0, 0.05) is 14.1 Å². The fourth-order valence-corrected chi connectivity index (χ4v) is 0.848. The summed E-state index contributed by atoms with van der Waals surface area (Å²) in [4.78, 5) is 19.3. The Morgan fingerprint density at radius 2 is 2.23 bits per heavy atom. The number of methoxy groups -OCH3 is 1. The van der Waals surface area contributed by atoms with Gasteiger partial charge in [-0.1, -0.05) is 0 Å². The number of hydrogen-bond donors (Lipinski definition) is 2. The fourth-order valence-electron chi connectivity index (χ4n) is 0.848. The van der Waals surface area contributed by atoms with Crippen LogP contribution in [0.5, 0.6) is 6.01 Å². The highest BCUT2D eigenvalue weighted by atomic mass is 16.5. The molecular weight excluding hydrogens is 172 g/mol. The normalized spacial score (nSPS) is 9.77. The van der Waals surface area contributed by atoms with Crippen LogP contribution in [-0.4, -0.2) is 42.0 Å². The van der Waals surface area contributed by atoms with E-state index in [0.29, 0.717) is 0 Å². The minimum atomic E-state index is -0.228. The summed E-state index contributed by atoms with van der Waals surface area (Å²) in [6.07, 6.45) is 0. The topological polar surface area (TPSA) is 84.2 Å². The molecule has 0 bridgehead atoms. The first-order valence-corrected chi connectivity index (χ1v) is 3.67. The third-order valence-corrected chi connectivity index (χ3v) is 1.52. The maximum absolute atomic E-state index is 11.4. The van der Waals surface area contributed by atoms with Crippen molar-refractivity contribution in [1.29, 1.82) is 0 Å². The van der Waals surface area contributed by atoms with Crippen LogP contribution in [0.2, 0.25) is 0 Å². The number of hydrogen-bond acceptors (Lipinski definition) is 4. The summed E-state index contributed by atoms with van der Waals surface area (Å²) < 4.78 is 4.79. The van der Waals surface area contributed by atoms with Crippen molar-refractivity contribution in [2.24, 2.45) is 0 Å². The Bertz CT molecular complexity index is 318. The van der Waals surface area contributed by atoms with Crippen LogP contribution >= 0.6 is 0 Å². The number of amides is 1. The van der Waals surface area contributed by atoms with E-state index in [1.807, 2.05) is 0 Å². The highest BCUT2D eigenvalue weighted by molar-refractivity contribution is 5.96. The van der Waals surface area contributed by atoms with E-state index < -0.39 is 0 Å². The number of carbonyl (C=O) groups excluding carboxylic acids is 1. The first-order chi connectivity index (χ1) is 6.06. The van der Waals surface area contributed by atoms with E-state index in [0.717, 1.165) is 0 Å². The Morgan fingerprint density at radius 3 is 2.62 bits per heavy atom. The van der Waals surface area contributed by atoms with Crippen LogP contribution in [0.15, 0.2) is 0 Å². The summed E-state index contributed by atoms with van der Waals surface area (Å²) in [5, 5.41) is 0. The highest BCUT2D eigenvalue weighted by Gasteiger charge is 2.16. The summed E-state index contributed by atoms with van der Waals surface area (Å²) in [5.74, 6) is -0.0798. The molecule has 0 saturated heterocycles. The number of nitrogen functional groups attached to an aromatic ring is 1. The van der Waals surface area contributed by atoms with E-state index >= 15 is 0 Å². The molecule has 0 aromatic carbocycles. The van der Waals surface area contributed by atoms with E-state index in [1.54, 1.807) is 14.1 Å². The lowest BCUT2D eigenvalue weighted by Crippen LogP contribution is -2.23. The fraction of sp³-hybridized carbons (Fsp3) is 0.429. The molecule has 0 spiro atoms. The van der Waals surface area contributed by atoms with Gasteiger partial charge < -0.3 is 20.4 Å². The first kappa shape index (κ1) is 9.37. The Labute approximate surface area is 75.7 Å². The van der Waals surface area contributed by atoms with Gasteiger partial charge in [0.15, 0.2) is 11.5 Å². The molecule has 13 heavy (non-hydrogen) atoms. The molecule has 1 aromatic heterocycles. The van der Waals surface area contributed by atoms with Gasteiger partial charge in [0.05, 0.1) is 7.11 Å². The van der Waals surface area contributed by atoms with Gasteiger partial charge in [0.25, 0.3) is 11.9 Å². The Morgan fingerprint density at radius 1 is 1.62 bits per heavy atom. The standard InChI is InChI=1S/C7H12N4O2/c1-11(2)6(12)4-5(8)10-7(9-4)13-3/h8H2,1-3H3,(H,9,10). The molecule has 0 aliphatic rings. The molecule has 6 heteroatoms. The molecule has 1 rings (SSSR count).